The van der Waals surface area contributed by atoms with E-state index in [1.165, 1.54) is 0 Å². The number of anilines is 1. The highest BCUT2D eigenvalue weighted by Gasteiger charge is 1.91. The molecule has 0 bridgehead atoms. The maximum absolute atomic E-state index is 5.33. The molecule has 5 heteroatoms. The summed E-state index contributed by atoms with van der Waals surface area (Å²) >= 11 is 0. The van der Waals surface area contributed by atoms with Crippen molar-refractivity contribution in [1.29, 1.82) is 0 Å². The zero-order valence-corrected chi connectivity index (χ0v) is 6.38. The fourth-order valence-electron chi connectivity index (χ4n) is 0.773. The standard InChI is InChI=1S/C6H13N5/c7-3-1-2-4-8-6-5-9-11-10-6/h5H,1-4,7H2,(H2,8,9,10,11). The Morgan fingerprint density at radius 2 is 2.45 bits per heavy atom. The van der Waals surface area contributed by atoms with Gasteiger partial charge in [-0.1, -0.05) is 0 Å². The van der Waals surface area contributed by atoms with Gasteiger partial charge in [-0.15, -0.1) is 5.10 Å². The number of hydrogen-bond donors (Lipinski definition) is 3. The number of unbranched alkanes of at least 4 members (excludes halogenated alkanes) is 1. The SMILES string of the molecule is NCCCCNc1cn[nH]n1. The summed E-state index contributed by atoms with van der Waals surface area (Å²) < 4.78 is 0. The van der Waals surface area contributed by atoms with Crippen LogP contribution in [-0.4, -0.2) is 28.5 Å². The van der Waals surface area contributed by atoms with Gasteiger partial charge in [0.15, 0.2) is 5.82 Å². The van der Waals surface area contributed by atoms with Crippen LogP contribution in [0.3, 0.4) is 0 Å². The van der Waals surface area contributed by atoms with Gasteiger partial charge in [0, 0.05) is 6.54 Å². The van der Waals surface area contributed by atoms with Crippen LogP contribution in [0.15, 0.2) is 6.20 Å². The predicted octanol–water partition coefficient (Wildman–Crippen LogP) is -0.0445. The number of nitrogens with one attached hydrogen (secondary N) is 2. The van der Waals surface area contributed by atoms with E-state index in [0.717, 1.165) is 31.7 Å². The van der Waals surface area contributed by atoms with Crippen LogP contribution in [0.25, 0.3) is 0 Å². The van der Waals surface area contributed by atoms with Crippen molar-refractivity contribution in [2.24, 2.45) is 5.73 Å². The van der Waals surface area contributed by atoms with Gasteiger partial charge < -0.3 is 11.1 Å². The first-order valence-corrected chi connectivity index (χ1v) is 3.73. The number of aromatic nitrogens is 3. The largest absolute Gasteiger partial charge is 0.367 e. The van der Waals surface area contributed by atoms with Crippen LogP contribution < -0.4 is 11.1 Å². The van der Waals surface area contributed by atoms with Crippen molar-refractivity contribution < 1.29 is 0 Å². The van der Waals surface area contributed by atoms with E-state index < -0.39 is 0 Å². The number of H-pyrrole nitrogens is 1. The number of hydrogen-bond acceptors (Lipinski definition) is 4. The van der Waals surface area contributed by atoms with Crippen LogP contribution in [0.2, 0.25) is 0 Å². The molecule has 0 atom stereocenters. The Morgan fingerprint density at radius 3 is 3.09 bits per heavy atom. The molecular weight excluding hydrogens is 142 g/mol. The van der Waals surface area contributed by atoms with Gasteiger partial charge in [-0.3, -0.25) is 0 Å². The smallest absolute Gasteiger partial charge is 0.168 e. The predicted molar refractivity (Wildman–Crippen MR) is 43.2 cm³/mol. The summed E-state index contributed by atoms with van der Waals surface area (Å²) in [4.78, 5) is 0. The lowest BCUT2D eigenvalue weighted by Crippen LogP contribution is -2.05. The normalized spacial score (nSPS) is 9.91. The van der Waals surface area contributed by atoms with E-state index in [0.29, 0.717) is 0 Å². The molecule has 11 heavy (non-hydrogen) atoms. The second-order valence-corrected chi connectivity index (χ2v) is 2.28. The number of nitrogens with zero attached hydrogens (tertiary/aromatic N) is 2. The second kappa shape index (κ2) is 4.68. The summed E-state index contributed by atoms with van der Waals surface area (Å²) in [5.41, 5.74) is 5.33. The monoisotopic (exact) mass is 155 g/mol. The topological polar surface area (TPSA) is 79.6 Å². The fraction of sp³-hybridized carbons (Fsp3) is 0.667. The fourth-order valence-corrected chi connectivity index (χ4v) is 0.773. The lowest BCUT2D eigenvalue weighted by molar-refractivity contribution is 0.771. The van der Waals surface area contributed by atoms with E-state index in [4.69, 9.17) is 5.73 Å². The van der Waals surface area contributed by atoms with Gasteiger partial charge in [0.2, 0.25) is 0 Å². The van der Waals surface area contributed by atoms with Crippen molar-refractivity contribution in [1.82, 2.24) is 15.4 Å². The summed E-state index contributed by atoms with van der Waals surface area (Å²) in [5.74, 6) is 0.794. The highest BCUT2D eigenvalue weighted by Crippen LogP contribution is 1.95. The number of aromatic amines is 1. The number of nitrogens with two attached hydrogens (primary N) is 1. The summed E-state index contributed by atoms with van der Waals surface area (Å²) in [6, 6.07) is 0. The lowest BCUT2D eigenvalue weighted by Gasteiger charge is -1.99. The minimum Gasteiger partial charge on any atom is -0.367 e. The highest BCUT2D eigenvalue weighted by molar-refractivity contribution is 5.27. The van der Waals surface area contributed by atoms with Gasteiger partial charge in [0.25, 0.3) is 0 Å². The molecule has 0 aliphatic carbocycles. The molecule has 1 aromatic rings. The van der Waals surface area contributed by atoms with Crippen molar-refractivity contribution in [2.75, 3.05) is 18.4 Å². The minimum atomic E-state index is 0.750. The van der Waals surface area contributed by atoms with Crippen LogP contribution in [0, 0.1) is 0 Å². The van der Waals surface area contributed by atoms with Gasteiger partial charge in [0.05, 0.1) is 6.20 Å². The van der Waals surface area contributed by atoms with E-state index >= 15 is 0 Å². The Balaban J connectivity index is 2.04. The van der Waals surface area contributed by atoms with E-state index in [-0.39, 0.29) is 0 Å². The molecule has 0 fully saturated rings. The summed E-state index contributed by atoms with van der Waals surface area (Å²) in [6.45, 7) is 1.66. The van der Waals surface area contributed by atoms with Gasteiger partial charge in [-0.2, -0.15) is 10.3 Å². The van der Waals surface area contributed by atoms with Crippen LogP contribution in [0.4, 0.5) is 5.82 Å². The zero-order chi connectivity index (χ0) is 7.94. The second-order valence-electron chi connectivity index (χ2n) is 2.28. The van der Waals surface area contributed by atoms with Gasteiger partial charge in [-0.25, -0.2) is 0 Å². The third kappa shape index (κ3) is 2.99. The maximum atomic E-state index is 5.33. The van der Waals surface area contributed by atoms with E-state index in [2.05, 4.69) is 20.7 Å². The first kappa shape index (κ1) is 8.00. The van der Waals surface area contributed by atoms with Crippen molar-refractivity contribution in [2.45, 2.75) is 12.8 Å². The summed E-state index contributed by atoms with van der Waals surface area (Å²) in [7, 11) is 0. The van der Waals surface area contributed by atoms with E-state index in [9.17, 15) is 0 Å². The molecule has 0 saturated carbocycles. The Bertz CT molecular complexity index is 171. The average molecular weight is 155 g/mol. The molecule has 0 radical (unpaired) electrons. The number of rotatable bonds is 5. The van der Waals surface area contributed by atoms with Crippen molar-refractivity contribution in [3.05, 3.63) is 6.20 Å². The van der Waals surface area contributed by atoms with Crippen molar-refractivity contribution in [3.63, 3.8) is 0 Å². The van der Waals surface area contributed by atoms with Crippen LogP contribution in [-0.2, 0) is 0 Å². The van der Waals surface area contributed by atoms with Gasteiger partial charge in [-0.05, 0) is 19.4 Å². The summed E-state index contributed by atoms with van der Waals surface area (Å²) in [6.07, 6.45) is 3.77. The Labute approximate surface area is 65.4 Å². The third-order valence-corrected chi connectivity index (χ3v) is 1.35. The minimum absolute atomic E-state index is 0.750. The molecule has 4 N–H and O–H groups in total. The first-order chi connectivity index (χ1) is 5.43. The molecule has 0 spiro atoms. The van der Waals surface area contributed by atoms with Crippen LogP contribution >= 0.6 is 0 Å². The van der Waals surface area contributed by atoms with Crippen LogP contribution in [0.1, 0.15) is 12.8 Å². The average Bonchev–Trinajstić information content (AvgIpc) is 2.50. The molecule has 5 nitrogen and oxygen atoms in total. The van der Waals surface area contributed by atoms with Gasteiger partial charge in [0.1, 0.15) is 0 Å². The highest BCUT2D eigenvalue weighted by atomic mass is 15.3. The molecule has 0 aliphatic heterocycles. The molecule has 1 heterocycles. The Kier molecular flexibility index (Phi) is 3.40. The molecule has 62 valence electrons. The van der Waals surface area contributed by atoms with Crippen LogP contribution in [0.5, 0.6) is 0 Å². The summed E-state index contributed by atoms with van der Waals surface area (Å²) in [5, 5.41) is 13.1. The lowest BCUT2D eigenvalue weighted by atomic mass is 10.3. The zero-order valence-electron chi connectivity index (χ0n) is 6.38. The first-order valence-electron chi connectivity index (χ1n) is 3.73. The molecule has 1 rings (SSSR count). The molecule has 1 aromatic heterocycles. The van der Waals surface area contributed by atoms with Crippen molar-refractivity contribution in [3.8, 4) is 0 Å². The maximum Gasteiger partial charge on any atom is 0.168 e. The third-order valence-electron chi connectivity index (χ3n) is 1.35. The molecule has 0 aromatic carbocycles. The molecule has 0 saturated heterocycles. The van der Waals surface area contributed by atoms with Crippen molar-refractivity contribution >= 4 is 5.82 Å². The molecular formula is C6H13N5. The van der Waals surface area contributed by atoms with E-state index in [1.54, 1.807) is 6.20 Å². The Hall–Kier alpha value is -1.10. The van der Waals surface area contributed by atoms with Gasteiger partial charge >= 0.3 is 0 Å². The molecule has 0 aliphatic rings. The Morgan fingerprint density at radius 1 is 1.55 bits per heavy atom. The molecule has 0 amide bonds. The quantitative estimate of drug-likeness (QED) is 0.521. The van der Waals surface area contributed by atoms with E-state index in [1.807, 2.05) is 0 Å². The molecule has 0 unspecified atom stereocenters.